The highest BCUT2D eigenvalue weighted by molar-refractivity contribution is 5.90. The van der Waals surface area contributed by atoms with Gasteiger partial charge in [-0.05, 0) is 35.1 Å². The molecule has 2 N–H and O–H groups in total. The highest BCUT2D eigenvalue weighted by Crippen LogP contribution is 2.44. The van der Waals surface area contributed by atoms with Crippen molar-refractivity contribution in [3.05, 3.63) is 59.7 Å². The molecule has 1 unspecified atom stereocenters. The Labute approximate surface area is 186 Å². The lowest BCUT2D eigenvalue weighted by molar-refractivity contribution is -0.149. The molecule has 2 amide bonds. The van der Waals surface area contributed by atoms with Gasteiger partial charge in [-0.2, -0.15) is 0 Å². The summed E-state index contributed by atoms with van der Waals surface area (Å²) in [5.41, 5.74) is 4.43. The van der Waals surface area contributed by atoms with E-state index in [0.717, 1.165) is 22.3 Å². The summed E-state index contributed by atoms with van der Waals surface area (Å²) in [4.78, 5) is 38.2. The molecule has 168 valence electrons. The Morgan fingerprint density at radius 3 is 2.31 bits per heavy atom. The molecule has 1 saturated heterocycles. The molecular formula is C24H26N2O6. The highest BCUT2D eigenvalue weighted by Gasteiger charge is 2.38. The van der Waals surface area contributed by atoms with Gasteiger partial charge in [-0.15, -0.1) is 0 Å². The second kappa shape index (κ2) is 9.40. The summed E-state index contributed by atoms with van der Waals surface area (Å²) in [6.45, 7) is 0.378. The fourth-order valence-electron chi connectivity index (χ4n) is 4.61. The van der Waals surface area contributed by atoms with E-state index in [0.29, 0.717) is 19.4 Å². The number of carbonyl (C=O) groups excluding carboxylic acids is 2. The average Bonchev–Trinajstić information content (AvgIpc) is 3.40. The Balaban J connectivity index is 1.42. The lowest BCUT2D eigenvalue weighted by atomic mass is 9.98. The van der Waals surface area contributed by atoms with Gasteiger partial charge >= 0.3 is 12.1 Å². The van der Waals surface area contributed by atoms with Crippen LogP contribution in [0.4, 0.5) is 4.79 Å². The van der Waals surface area contributed by atoms with E-state index < -0.39 is 30.1 Å². The number of amides is 2. The van der Waals surface area contributed by atoms with Crippen molar-refractivity contribution in [1.29, 1.82) is 0 Å². The molecule has 0 radical (unpaired) electrons. The number of carboxylic acids is 1. The third-order valence-corrected chi connectivity index (χ3v) is 6.09. The van der Waals surface area contributed by atoms with Crippen LogP contribution in [0.2, 0.25) is 0 Å². The summed E-state index contributed by atoms with van der Waals surface area (Å²) in [7, 11) is 1.42. The number of rotatable bonds is 7. The first kappa shape index (κ1) is 21.8. The van der Waals surface area contributed by atoms with E-state index >= 15 is 0 Å². The van der Waals surface area contributed by atoms with Gasteiger partial charge < -0.3 is 24.8 Å². The molecule has 2 aliphatic rings. The first-order valence-corrected chi connectivity index (χ1v) is 10.6. The van der Waals surface area contributed by atoms with Gasteiger partial charge in [0, 0.05) is 19.6 Å². The second-order valence-electron chi connectivity index (χ2n) is 8.01. The molecule has 0 spiro atoms. The summed E-state index contributed by atoms with van der Waals surface area (Å²) >= 11 is 0. The smallest absolute Gasteiger partial charge is 0.407 e. The lowest BCUT2D eigenvalue weighted by Gasteiger charge is -2.27. The van der Waals surface area contributed by atoms with Crippen LogP contribution >= 0.6 is 0 Å². The molecule has 8 heteroatoms. The number of fused-ring (bicyclic) bond motifs is 3. The quantitative estimate of drug-likeness (QED) is 0.689. The van der Waals surface area contributed by atoms with Crippen LogP contribution in [0.25, 0.3) is 11.1 Å². The number of nitrogens with zero attached hydrogens (tertiary/aromatic N) is 1. The molecule has 2 aromatic carbocycles. The molecule has 32 heavy (non-hydrogen) atoms. The summed E-state index contributed by atoms with van der Waals surface area (Å²) in [6, 6.07) is 14.1. The van der Waals surface area contributed by atoms with Crippen molar-refractivity contribution < 1.29 is 29.0 Å². The molecule has 2 aromatic rings. The standard InChI is InChI=1S/C24H26N2O6/c1-31-14-20(22(27)26-12-6-11-21(26)23(28)29)25-24(30)32-13-19-17-9-4-2-7-15(17)16-8-3-5-10-18(16)19/h2-5,7-10,19-21H,6,11-14H2,1H3,(H,25,30)(H,28,29)/t20?,21-/m0/s1. The molecule has 1 heterocycles. The van der Waals surface area contributed by atoms with Crippen molar-refractivity contribution in [3.8, 4) is 11.1 Å². The minimum Gasteiger partial charge on any atom is -0.480 e. The third kappa shape index (κ3) is 4.18. The maximum atomic E-state index is 12.9. The molecule has 4 rings (SSSR count). The van der Waals surface area contributed by atoms with Crippen LogP contribution in [-0.2, 0) is 19.1 Å². The van der Waals surface area contributed by atoms with Crippen LogP contribution in [0.5, 0.6) is 0 Å². The first-order valence-electron chi connectivity index (χ1n) is 10.6. The summed E-state index contributed by atoms with van der Waals surface area (Å²) < 4.78 is 10.6. The molecule has 8 nitrogen and oxygen atoms in total. The van der Waals surface area contributed by atoms with E-state index in [9.17, 15) is 19.5 Å². The maximum Gasteiger partial charge on any atom is 0.407 e. The van der Waals surface area contributed by atoms with Crippen molar-refractivity contribution >= 4 is 18.0 Å². The zero-order valence-electron chi connectivity index (χ0n) is 17.8. The Kier molecular flexibility index (Phi) is 6.41. The second-order valence-corrected chi connectivity index (χ2v) is 8.01. The van der Waals surface area contributed by atoms with Gasteiger partial charge in [0.05, 0.1) is 6.61 Å². The maximum absolute atomic E-state index is 12.9. The van der Waals surface area contributed by atoms with Crippen molar-refractivity contribution in [2.24, 2.45) is 0 Å². The predicted molar refractivity (Wildman–Crippen MR) is 116 cm³/mol. The molecule has 1 aliphatic heterocycles. The summed E-state index contributed by atoms with van der Waals surface area (Å²) in [5.74, 6) is -1.63. The number of methoxy groups -OCH3 is 1. The topological polar surface area (TPSA) is 105 Å². The van der Waals surface area contributed by atoms with Gasteiger partial charge in [0.2, 0.25) is 5.91 Å². The van der Waals surface area contributed by atoms with Gasteiger partial charge in [0.15, 0.2) is 0 Å². The van der Waals surface area contributed by atoms with E-state index in [-0.39, 0.29) is 19.1 Å². The van der Waals surface area contributed by atoms with Crippen LogP contribution < -0.4 is 5.32 Å². The molecular weight excluding hydrogens is 412 g/mol. The van der Waals surface area contributed by atoms with E-state index in [1.807, 2.05) is 36.4 Å². The van der Waals surface area contributed by atoms with E-state index in [1.54, 1.807) is 0 Å². The van der Waals surface area contributed by atoms with E-state index in [2.05, 4.69) is 17.4 Å². The number of carbonyl (C=O) groups is 3. The number of hydrogen-bond donors (Lipinski definition) is 2. The Hall–Kier alpha value is -3.39. The zero-order chi connectivity index (χ0) is 22.7. The Morgan fingerprint density at radius 1 is 1.09 bits per heavy atom. The van der Waals surface area contributed by atoms with Crippen LogP contribution in [-0.4, -0.2) is 66.9 Å². The number of hydrogen-bond acceptors (Lipinski definition) is 5. The molecule has 0 saturated carbocycles. The van der Waals surface area contributed by atoms with Crippen molar-refractivity contribution in [2.75, 3.05) is 26.9 Å². The number of carboxylic acid groups (broad SMARTS) is 1. The molecule has 0 bridgehead atoms. The minimum absolute atomic E-state index is 0.0775. The van der Waals surface area contributed by atoms with Gasteiger partial charge in [0.25, 0.3) is 0 Å². The lowest BCUT2D eigenvalue weighted by Crippen LogP contribution is -2.53. The number of nitrogens with one attached hydrogen (secondary N) is 1. The van der Waals surface area contributed by atoms with Gasteiger partial charge in [0.1, 0.15) is 18.7 Å². The zero-order valence-corrected chi connectivity index (χ0v) is 17.8. The first-order chi connectivity index (χ1) is 15.5. The number of aliphatic carboxylic acids is 1. The number of ether oxygens (including phenoxy) is 2. The number of benzene rings is 2. The fourth-order valence-corrected chi connectivity index (χ4v) is 4.61. The average molecular weight is 438 g/mol. The Bertz CT molecular complexity index is 978. The summed E-state index contributed by atoms with van der Waals surface area (Å²) in [6.07, 6.45) is 0.257. The SMILES string of the molecule is COCC(NC(=O)OCC1c2ccccc2-c2ccccc21)C(=O)N1CCC[C@H]1C(=O)O. The normalized spacial score (nSPS) is 18.0. The van der Waals surface area contributed by atoms with Gasteiger partial charge in [-0.1, -0.05) is 48.5 Å². The molecule has 1 fully saturated rings. The van der Waals surface area contributed by atoms with Gasteiger partial charge in [-0.3, -0.25) is 4.79 Å². The molecule has 2 atom stereocenters. The van der Waals surface area contributed by atoms with Crippen molar-refractivity contribution in [2.45, 2.75) is 30.8 Å². The minimum atomic E-state index is -1.05. The predicted octanol–water partition coefficient (Wildman–Crippen LogP) is 2.62. The van der Waals surface area contributed by atoms with Crippen molar-refractivity contribution in [1.82, 2.24) is 10.2 Å². The monoisotopic (exact) mass is 438 g/mol. The van der Waals surface area contributed by atoms with Crippen molar-refractivity contribution in [3.63, 3.8) is 0 Å². The number of alkyl carbamates (subject to hydrolysis) is 1. The van der Waals surface area contributed by atoms with E-state index in [4.69, 9.17) is 9.47 Å². The van der Waals surface area contributed by atoms with Crippen LogP contribution in [0.3, 0.4) is 0 Å². The summed E-state index contributed by atoms with van der Waals surface area (Å²) in [5, 5.41) is 11.9. The fraction of sp³-hybridized carbons (Fsp3) is 0.375. The van der Waals surface area contributed by atoms with Crippen LogP contribution in [0.15, 0.2) is 48.5 Å². The highest BCUT2D eigenvalue weighted by atomic mass is 16.5. The third-order valence-electron chi connectivity index (χ3n) is 6.09. The molecule has 1 aliphatic carbocycles. The van der Waals surface area contributed by atoms with Gasteiger partial charge in [-0.25, -0.2) is 9.59 Å². The van der Waals surface area contributed by atoms with E-state index in [1.165, 1.54) is 12.0 Å². The largest absolute Gasteiger partial charge is 0.480 e. The Morgan fingerprint density at radius 2 is 1.72 bits per heavy atom. The molecule has 0 aromatic heterocycles. The van der Waals surface area contributed by atoms with Crippen LogP contribution in [0, 0.1) is 0 Å². The number of likely N-dealkylation sites (tertiary alicyclic amines) is 1. The van der Waals surface area contributed by atoms with Crippen LogP contribution in [0.1, 0.15) is 29.9 Å².